The van der Waals surface area contributed by atoms with Crippen molar-refractivity contribution in [2.75, 3.05) is 19.7 Å². The molecule has 0 amide bonds. The second kappa shape index (κ2) is 5.21. The van der Waals surface area contributed by atoms with Gasteiger partial charge in [-0.05, 0) is 30.0 Å². The lowest BCUT2D eigenvalue weighted by atomic mass is 10.0. The van der Waals surface area contributed by atoms with Gasteiger partial charge in [0.1, 0.15) is 18.2 Å². The van der Waals surface area contributed by atoms with Gasteiger partial charge in [-0.15, -0.1) is 0 Å². The summed E-state index contributed by atoms with van der Waals surface area (Å²) in [4.78, 5) is 4.32. The topological polar surface area (TPSA) is 33.6 Å². The Hall–Kier alpha value is -1.51. The zero-order chi connectivity index (χ0) is 12.3. The first-order chi connectivity index (χ1) is 8.16. The molecule has 0 atom stereocenters. The molecular weight excluding hydrogens is 212 g/mol. The molecule has 1 aliphatic rings. The van der Waals surface area contributed by atoms with Crippen molar-refractivity contribution >= 4 is 5.84 Å². The molecule has 0 radical (unpaired) electrons. The summed E-state index contributed by atoms with van der Waals surface area (Å²) in [6.45, 7) is 8.80. The van der Waals surface area contributed by atoms with Crippen molar-refractivity contribution in [3.63, 3.8) is 0 Å². The summed E-state index contributed by atoms with van der Waals surface area (Å²) in [7, 11) is 0. The molecule has 1 aromatic carbocycles. The lowest BCUT2D eigenvalue weighted by molar-refractivity contribution is 0.370. The van der Waals surface area contributed by atoms with Gasteiger partial charge in [-0.25, -0.2) is 0 Å². The Labute approximate surface area is 103 Å². The van der Waals surface area contributed by atoms with E-state index >= 15 is 0 Å². The number of hydrogen-bond donors (Lipinski definition) is 1. The molecule has 17 heavy (non-hydrogen) atoms. The Bertz CT molecular complexity index is 424. The molecule has 0 saturated heterocycles. The standard InChI is InChI=1S/C14H20N2O/c1-10(2)12-5-4-11(3)13(8-12)17-9-14-15-6-7-16-14/h4-5,8,10H,6-7,9H2,1-3H3,(H,15,16). The van der Waals surface area contributed by atoms with Crippen LogP contribution in [0.15, 0.2) is 23.2 Å². The third-order valence-corrected chi connectivity index (χ3v) is 2.99. The quantitative estimate of drug-likeness (QED) is 0.865. The summed E-state index contributed by atoms with van der Waals surface area (Å²) in [6, 6.07) is 6.42. The van der Waals surface area contributed by atoms with Gasteiger partial charge in [0.15, 0.2) is 0 Å². The van der Waals surface area contributed by atoms with Gasteiger partial charge in [0, 0.05) is 6.54 Å². The Morgan fingerprint density at radius 3 is 2.88 bits per heavy atom. The van der Waals surface area contributed by atoms with Crippen molar-refractivity contribution in [1.82, 2.24) is 5.32 Å². The maximum Gasteiger partial charge on any atom is 0.145 e. The molecular formula is C14H20N2O. The van der Waals surface area contributed by atoms with Crippen LogP contribution in [0.5, 0.6) is 5.75 Å². The monoisotopic (exact) mass is 232 g/mol. The van der Waals surface area contributed by atoms with E-state index in [1.54, 1.807) is 0 Å². The van der Waals surface area contributed by atoms with Gasteiger partial charge in [-0.2, -0.15) is 0 Å². The van der Waals surface area contributed by atoms with Crippen molar-refractivity contribution < 1.29 is 4.74 Å². The minimum atomic E-state index is 0.528. The fourth-order valence-electron chi connectivity index (χ4n) is 1.82. The van der Waals surface area contributed by atoms with Crippen molar-refractivity contribution in [3.8, 4) is 5.75 Å². The van der Waals surface area contributed by atoms with Crippen molar-refractivity contribution in [2.45, 2.75) is 26.7 Å². The molecule has 0 spiro atoms. The SMILES string of the molecule is Cc1ccc(C(C)C)cc1OCC1=NCCN1. The third kappa shape index (κ3) is 2.99. The number of aliphatic imine (C=N–C) groups is 1. The molecule has 2 rings (SSSR count). The summed E-state index contributed by atoms with van der Waals surface area (Å²) in [6.07, 6.45) is 0. The first-order valence-electron chi connectivity index (χ1n) is 6.17. The Morgan fingerprint density at radius 1 is 1.41 bits per heavy atom. The molecule has 3 heteroatoms. The molecule has 1 heterocycles. The van der Waals surface area contributed by atoms with Crippen LogP contribution in [0, 0.1) is 6.92 Å². The van der Waals surface area contributed by atoms with E-state index in [0.717, 1.165) is 24.7 Å². The molecule has 0 bridgehead atoms. The van der Waals surface area contributed by atoms with Gasteiger partial charge in [0.25, 0.3) is 0 Å². The fourth-order valence-corrected chi connectivity index (χ4v) is 1.82. The number of aryl methyl sites for hydroxylation is 1. The molecule has 3 nitrogen and oxygen atoms in total. The predicted molar refractivity (Wildman–Crippen MR) is 71.1 cm³/mol. The molecule has 1 N–H and O–H groups in total. The van der Waals surface area contributed by atoms with E-state index in [1.165, 1.54) is 11.1 Å². The average molecular weight is 232 g/mol. The fraction of sp³-hybridized carbons (Fsp3) is 0.500. The number of nitrogens with one attached hydrogen (secondary N) is 1. The van der Waals surface area contributed by atoms with Gasteiger partial charge in [0.2, 0.25) is 0 Å². The number of ether oxygens (including phenoxy) is 1. The van der Waals surface area contributed by atoms with Crippen LogP contribution < -0.4 is 10.1 Å². The van der Waals surface area contributed by atoms with Crippen LogP contribution in [0.2, 0.25) is 0 Å². The molecule has 1 aromatic rings. The van der Waals surface area contributed by atoms with E-state index in [9.17, 15) is 0 Å². The minimum Gasteiger partial charge on any atom is -0.485 e. The minimum absolute atomic E-state index is 0.528. The van der Waals surface area contributed by atoms with Crippen LogP contribution >= 0.6 is 0 Å². The first-order valence-corrected chi connectivity index (χ1v) is 6.17. The number of benzene rings is 1. The van der Waals surface area contributed by atoms with E-state index in [-0.39, 0.29) is 0 Å². The zero-order valence-corrected chi connectivity index (χ0v) is 10.8. The Balaban J connectivity index is 2.05. The van der Waals surface area contributed by atoms with Crippen LogP contribution in [0.4, 0.5) is 0 Å². The van der Waals surface area contributed by atoms with Crippen molar-refractivity contribution in [1.29, 1.82) is 0 Å². The second-order valence-corrected chi connectivity index (χ2v) is 4.72. The smallest absolute Gasteiger partial charge is 0.145 e. The molecule has 0 fully saturated rings. The lowest BCUT2D eigenvalue weighted by Crippen LogP contribution is -2.25. The molecule has 0 aliphatic carbocycles. The summed E-state index contributed by atoms with van der Waals surface area (Å²) in [5, 5.41) is 3.21. The molecule has 0 saturated carbocycles. The number of hydrogen-bond acceptors (Lipinski definition) is 3. The summed E-state index contributed by atoms with van der Waals surface area (Å²) >= 11 is 0. The van der Waals surface area contributed by atoms with E-state index in [1.807, 2.05) is 0 Å². The van der Waals surface area contributed by atoms with Crippen LogP contribution in [-0.2, 0) is 0 Å². The zero-order valence-electron chi connectivity index (χ0n) is 10.8. The van der Waals surface area contributed by atoms with E-state index < -0.39 is 0 Å². The maximum absolute atomic E-state index is 5.82. The number of rotatable bonds is 4. The lowest BCUT2D eigenvalue weighted by Gasteiger charge is -2.12. The largest absolute Gasteiger partial charge is 0.485 e. The maximum atomic E-state index is 5.82. The van der Waals surface area contributed by atoms with E-state index in [0.29, 0.717) is 12.5 Å². The van der Waals surface area contributed by atoms with Crippen LogP contribution in [0.3, 0.4) is 0 Å². The normalized spacial score (nSPS) is 14.7. The van der Waals surface area contributed by atoms with Gasteiger partial charge in [0.05, 0.1) is 6.54 Å². The molecule has 0 aromatic heterocycles. The molecule has 1 aliphatic heterocycles. The van der Waals surface area contributed by atoms with Crippen LogP contribution in [0.1, 0.15) is 30.9 Å². The van der Waals surface area contributed by atoms with Crippen molar-refractivity contribution in [2.24, 2.45) is 4.99 Å². The highest BCUT2D eigenvalue weighted by Crippen LogP contribution is 2.24. The van der Waals surface area contributed by atoms with Gasteiger partial charge < -0.3 is 10.1 Å². The molecule has 0 unspecified atom stereocenters. The second-order valence-electron chi connectivity index (χ2n) is 4.72. The van der Waals surface area contributed by atoms with Crippen LogP contribution in [0.25, 0.3) is 0 Å². The van der Waals surface area contributed by atoms with E-state index in [2.05, 4.69) is 49.3 Å². The third-order valence-electron chi connectivity index (χ3n) is 2.99. The Morgan fingerprint density at radius 2 is 2.24 bits per heavy atom. The van der Waals surface area contributed by atoms with Crippen molar-refractivity contribution in [3.05, 3.63) is 29.3 Å². The highest BCUT2D eigenvalue weighted by Gasteiger charge is 2.08. The highest BCUT2D eigenvalue weighted by molar-refractivity contribution is 5.85. The van der Waals surface area contributed by atoms with Gasteiger partial charge >= 0.3 is 0 Å². The number of nitrogens with zero attached hydrogens (tertiary/aromatic N) is 1. The first kappa shape index (κ1) is 12.0. The molecule has 92 valence electrons. The van der Waals surface area contributed by atoms with Gasteiger partial charge in [-0.1, -0.05) is 26.0 Å². The summed E-state index contributed by atoms with van der Waals surface area (Å²) in [5.41, 5.74) is 2.49. The van der Waals surface area contributed by atoms with E-state index in [4.69, 9.17) is 4.74 Å². The van der Waals surface area contributed by atoms with Gasteiger partial charge in [-0.3, -0.25) is 4.99 Å². The number of amidine groups is 1. The summed E-state index contributed by atoms with van der Waals surface area (Å²) in [5.74, 6) is 2.45. The Kier molecular flexibility index (Phi) is 3.67. The van der Waals surface area contributed by atoms with Crippen LogP contribution in [-0.4, -0.2) is 25.5 Å². The summed E-state index contributed by atoms with van der Waals surface area (Å²) < 4.78 is 5.82. The predicted octanol–water partition coefficient (Wildman–Crippen LogP) is 2.50. The average Bonchev–Trinajstić information content (AvgIpc) is 2.80. The highest BCUT2D eigenvalue weighted by atomic mass is 16.5.